The second-order valence-electron chi connectivity index (χ2n) is 8.45. The molecule has 0 saturated carbocycles. The molecule has 6 heteroatoms. The lowest BCUT2D eigenvalue weighted by Gasteiger charge is -2.26. The Bertz CT molecular complexity index is 1050. The van der Waals surface area contributed by atoms with Gasteiger partial charge in [-0.05, 0) is 60.2 Å². The summed E-state index contributed by atoms with van der Waals surface area (Å²) in [4.78, 5) is 14.0. The van der Waals surface area contributed by atoms with Gasteiger partial charge in [0.1, 0.15) is 0 Å². The largest absolute Gasteiger partial charge is 0.312 e. The molecule has 2 aromatic rings. The molecule has 0 bridgehead atoms. The van der Waals surface area contributed by atoms with Gasteiger partial charge in [0.2, 0.25) is 15.9 Å². The van der Waals surface area contributed by atoms with Gasteiger partial charge < -0.3 is 4.90 Å². The maximum atomic E-state index is 12.4. The van der Waals surface area contributed by atoms with Crippen LogP contribution in [0.25, 0.3) is 0 Å². The SMILES string of the molecule is CC(C)(C)c1ccc(S(=O)(=O)NCC#Cc2ccc(N3CCCCC3=O)cc2)cc1. The van der Waals surface area contributed by atoms with E-state index in [1.54, 1.807) is 17.0 Å². The van der Waals surface area contributed by atoms with E-state index in [0.717, 1.165) is 36.2 Å². The van der Waals surface area contributed by atoms with E-state index >= 15 is 0 Å². The van der Waals surface area contributed by atoms with E-state index in [1.807, 2.05) is 36.4 Å². The second kappa shape index (κ2) is 9.03. The van der Waals surface area contributed by atoms with E-state index < -0.39 is 10.0 Å². The van der Waals surface area contributed by atoms with Crippen LogP contribution in [0.5, 0.6) is 0 Å². The quantitative estimate of drug-likeness (QED) is 0.759. The van der Waals surface area contributed by atoms with E-state index in [2.05, 4.69) is 37.3 Å². The number of rotatable bonds is 4. The third-order valence-electron chi connectivity index (χ3n) is 5.12. The normalized spacial score (nSPS) is 14.9. The van der Waals surface area contributed by atoms with Crippen molar-refractivity contribution in [2.75, 3.05) is 18.0 Å². The van der Waals surface area contributed by atoms with Crippen LogP contribution in [0.4, 0.5) is 5.69 Å². The molecule has 0 aromatic heterocycles. The lowest BCUT2D eigenvalue weighted by molar-refractivity contribution is -0.119. The summed E-state index contributed by atoms with van der Waals surface area (Å²) in [6, 6.07) is 14.4. The molecule has 3 rings (SSSR count). The summed E-state index contributed by atoms with van der Waals surface area (Å²) >= 11 is 0. The molecule has 2 aromatic carbocycles. The first-order valence-electron chi connectivity index (χ1n) is 10.2. The molecule has 1 fully saturated rings. The Morgan fingerprint density at radius 1 is 1.00 bits per heavy atom. The smallest absolute Gasteiger partial charge is 0.241 e. The Morgan fingerprint density at radius 2 is 1.67 bits per heavy atom. The average Bonchev–Trinajstić information content (AvgIpc) is 2.72. The molecule has 1 saturated heterocycles. The Morgan fingerprint density at radius 3 is 2.27 bits per heavy atom. The molecular weight excluding hydrogens is 396 g/mol. The van der Waals surface area contributed by atoms with Crippen LogP contribution in [0.3, 0.4) is 0 Å². The highest BCUT2D eigenvalue weighted by molar-refractivity contribution is 7.89. The number of nitrogens with zero attached hydrogens (tertiary/aromatic N) is 1. The third kappa shape index (κ3) is 5.50. The standard InChI is InChI=1S/C24H28N2O3S/c1-24(2,3)20-11-15-22(16-12-20)30(28,29)25-17-6-7-19-9-13-21(14-10-19)26-18-5-4-8-23(26)27/h9-16,25H,4-5,8,17-18H2,1-3H3. The third-order valence-corrected chi connectivity index (χ3v) is 6.53. The first kappa shape index (κ1) is 22.1. The summed E-state index contributed by atoms with van der Waals surface area (Å²) < 4.78 is 27.4. The molecule has 0 unspecified atom stereocenters. The van der Waals surface area contributed by atoms with Gasteiger partial charge in [0.05, 0.1) is 11.4 Å². The number of anilines is 1. The van der Waals surface area contributed by atoms with Crippen molar-refractivity contribution in [2.45, 2.75) is 50.3 Å². The van der Waals surface area contributed by atoms with Crippen LogP contribution >= 0.6 is 0 Å². The predicted octanol–water partition coefficient (Wildman–Crippen LogP) is 3.83. The number of benzene rings is 2. The van der Waals surface area contributed by atoms with Crippen LogP contribution < -0.4 is 9.62 Å². The first-order valence-corrected chi connectivity index (χ1v) is 11.6. The summed E-state index contributed by atoms with van der Waals surface area (Å²) in [5, 5.41) is 0. The molecule has 1 heterocycles. The van der Waals surface area contributed by atoms with Crippen molar-refractivity contribution in [3.05, 3.63) is 59.7 Å². The van der Waals surface area contributed by atoms with Crippen molar-refractivity contribution in [1.29, 1.82) is 0 Å². The maximum Gasteiger partial charge on any atom is 0.241 e. The first-order chi connectivity index (χ1) is 14.2. The molecular formula is C24H28N2O3S. The summed E-state index contributed by atoms with van der Waals surface area (Å²) in [5.41, 5.74) is 2.70. The molecule has 0 radical (unpaired) electrons. The Labute approximate surface area is 179 Å². The van der Waals surface area contributed by atoms with Gasteiger partial charge in [0.25, 0.3) is 0 Å². The Kier molecular flexibility index (Phi) is 6.64. The molecule has 30 heavy (non-hydrogen) atoms. The number of carbonyl (C=O) groups excluding carboxylic acids is 1. The maximum absolute atomic E-state index is 12.4. The molecule has 0 atom stereocenters. The van der Waals surface area contributed by atoms with Crippen molar-refractivity contribution in [3.63, 3.8) is 0 Å². The molecule has 158 valence electrons. The minimum absolute atomic E-state index is 0.0235. The van der Waals surface area contributed by atoms with Crippen LogP contribution in [0, 0.1) is 11.8 Å². The fourth-order valence-corrected chi connectivity index (χ4v) is 4.22. The van der Waals surface area contributed by atoms with Gasteiger partial charge in [0.15, 0.2) is 0 Å². The average molecular weight is 425 g/mol. The zero-order valence-electron chi connectivity index (χ0n) is 17.7. The number of piperidine rings is 1. The highest BCUT2D eigenvalue weighted by Gasteiger charge is 2.19. The van der Waals surface area contributed by atoms with Gasteiger partial charge in [-0.25, -0.2) is 8.42 Å². The van der Waals surface area contributed by atoms with Crippen molar-refractivity contribution in [1.82, 2.24) is 4.72 Å². The lowest BCUT2D eigenvalue weighted by Crippen LogP contribution is -2.35. The monoisotopic (exact) mass is 424 g/mol. The Balaban J connectivity index is 1.59. The molecule has 1 amide bonds. The summed E-state index contributed by atoms with van der Waals surface area (Å²) in [6.45, 7) is 7.03. The van der Waals surface area contributed by atoms with Gasteiger partial charge >= 0.3 is 0 Å². The molecule has 1 aliphatic rings. The van der Waals surface area contributed by atoms with Crippen molar-refractivity contribution >= 4 is 21.6 Å². The number of hydrogen-bond acceptors (Lipinski definition) is 3. The van der Waals surface area contributed by atoms with Crippen molar-refractivity contribution < 1.29 is 13.2 Å². The second-order valence-corrected chi connectivity index (χ2v) is 10.2. The van der Waals surface area contributed by atoms with Crippen LogP contribution in [-0.2, 0) is 20.2 Å². The molecule has 0 aliphatic carbocycles. The minimum Gasteiger partial charge on any atom is -0.312 e. The topological polar surface area (TPSA) is 66.5 Å². The van der Waals surface area contributed by atoms with E-state index in [0.29, 0.717) is 6.42 Å². The fraction of sp³-hybridized carbons (Fsp3) is 0.375. The number of hydrogen-bond donors (Lipinski definition) is 1. The minimum atomic E-state index is -3.60. The van der Waals surface area contributed by atoms with Crippen molar-refractivity contribution in [3.8, 4) is 11.8 Å². The van der Waals surface area contributed by atoms with Crippen molar-refractivity contribution in [2.24, 2.45) is 0 Å². The van der Waals surface area contributed by atoms with Gasteiger partial charge in [-0.3, -0.25) is 4.79 Å². The number of nitrogens with one attached hydrogen (secondary N) is 1. The number of sulfonamides is 1. The summed E-state index contributed by atoms with van der Waals surface area (Å²) in [7, 11) is -3.60. The van der Waals surface area contributed by atoms with Gasteiger partial charge in [-0.15, -0.1) is 0 Å². The fourth-order valence-electron chi connectivity index (χ4n) is 3.30. The van der Waals surface area contributed by atoms with Crippen LogP contribution in [0.15, 0.2) is 53.4 Å². The van der Waals surface area contributed by atoms with Crippen LogP contribution in [0.1, 0.15) is 51.2 Å². The summed E-state index contributed by atoms with van der Waals surface area (Å²) in [6.07, 6.45) is 2.57. The van der Waals surface area contributed by atoms with E-state index in [9.17, 15) is 13.2 Å². The van der Waals surface area contributed by atoms with Gasteiger partial charge in [0, 0.05) is 24.2 Å². The molecule has 1 N–H and O–H groups in total. The number of carbonyl (C=O) groups is 1. The van der Waals surface area contributed by atoms with Crippen LogP contribution in [0.2, 0.25) is 0 Å². The highest BCUT2D eigenvalue weighted by atomic mass is 32.2. The molecule has 0 spiro atoms. The van der Waals surface area contributed by atoms with Gasteiger partial charge in [-0.2, -0.15) is 4.72 Å². The number of amides is 1. The van der Waals surface area contributed by atoms with E-state index in [4.69, 9.17) is 0 Å². The zero-order chi connectivity index (χ0) is 21.8. The van der Waals surface area contributed by atoms with Crippen LogP contribution in [-0.4, -0.2) is 27.4 Å². The summed E-state index contributed by atoms with van der Waals surface area (Å²) in [5.74, 6) is 5.97. The molecule has 1 aliphatic heterocycles. The van der Waals surface area contributed by atoms with Gasteiger partial charge in [-0.1, -0.05) is 44.7 Å². The Hall–Kier alpha value is -2.62. The lowest BCUT2D eigenvalue weighted by atomic mass is 9.87. The van der Waals surface area contributed by atoms with E-state index in [-0.39, 0.29) is 22.8 Å². The molecule has 5 nitrogen and oxygen atoms in total. The highest BCUT2D eigenvalue weighted by Crippen LogP contribution is 2.23. The zero-order valence-corrected chi connectivity index (χ0v) is 18.6. The van der Waals surface area contributed by atoms with E-state index in [1.165, 1.54) is 0 Å². The predicted molar refractivity (Wildman–Crippen MR) is 120 cm³/mol.